The summed E-state index contributed by atoms with van der Waals surface area (Å²) in [7, 11) is 0. The van der Waals surface area contributed by atoms with Crippen molar-refractivity contribution in [1.82, 2.24) is 4.90 Å². The fraction of sp³-hybridized carbons (Fsp3) is 0.900. The lowest BCUT2D eigenvalue weighted by atomic mass is 9.94. The lowest BCUT2D eigenvalue weighted by molar-refractivity contribution is -0.139. The number of amides is 1. The summed E-state index contributed by atoms with van der Waals surface area (Å²) < 4.78 is -0.527. The van der Waals surface area contributed by atoms with Crippen molar-refractivity contribution in [3.63, 3.8) is 0 Å². The van der Waals surface area contributed by atoms with Crippen LogP contribution in [0.1, 0.15) is 33.6 Å². The molecule has 1 unspecified atom stereocenters. The molecule has 1 aliphatic heterocycles. The van der Waals surface area contributed by atoms with Crippen LogP contribution >= 0.6 is 15.9 Å². The third kappa shape index (κ3) is 2.95. The summed E-state index contributed by atoms with van der Waals surface area (Å²) in [6.07, 6.45) is 1.65. The van der Waals surface area contributed by atoms with Crippen molar-refractivity contribution in [3.05, 3.63) is 0 Å². The molecule has 1 rings (SSSR count). The fourth-order valence-electron chi connectivity index (χ4n) is 1.77. The zero-order valence-corrected chi connectivity index (χ0v) is 10.6. The fourth-order valence-corrected chi connectivity index (χ4v) is 2.02. The Morgan fingerprint density at radius 2 is 2.14 bits per heavy atom. The van der Waals surface area contributed by atoms with E-state index < -0.39 is 9.93 Å². The van der Waals surface area contributed by atoms with E-state index in [1.165, 1.54) is 0 Å². The number of halogens is 1. The normalized spacial score (nSPS) is 29.1. The van der Waals surface area contributed by atoms with Gasteiger partial charge in [-0.05, 0) is 33.6 Å². The SMILES string of the molecule is CC1(O)CCCN(C(=O)C(C)(C)Br)C1. The lowest BCUT2D eigenvalue weighted by Crippen LogP contribution is -2.52. The van der Waals surface area contributed by atoms with E-state index in [0.29, 0.717) is 6.54 Å². The second-order valence-electron chi connectivity index (χ2n) is 4.80. The van der Waals surface area contributed by atoms with Crippen molar-refractivity contribution < 1.29 is 9.90 Å². The van der Waals surface area contributed by atoms with Crippen LogP contribution in [0.2, 0.25) is 0 Å². The summed E-state index contributed by atoms with van der Waals surface area (Å²) in [6, 6.07) is 0. The van der Waals surface area contributed by atoms with Crippen molar-refractivity contribution >= 4 is 21.8 Å². The molecular formula is C10H18BrNO2. The zero-order chi connectivity index (χ0) is 11.0. The number of β-amino-alcohol motifs (C(OH)–C–C–N with tert-alkyl or cyclic N) is 1. The van der Waals surface area contributed by atoms with E-state index in [2.05, 4.69) is 15.9 Å². The number of carbonyl (C=O) groups is 1. The van der Waals surface area contributed by atoms with Crippen molar-refractivity contribution in [2.24, 2.45) is 0 Å². The lowest BCUT2D eigenvalue weighted by Gasteiger charge is -2.39. The van der Waals surface area contributed by atoms with Gasteiger partial charge >= 0.3 is 0 Å². The Labute approximate surface area is 93.6 Å². The standard InChI is InChI=1S/C10H18BrNO2/c1-9(2,11)8(13)12-6-4-5-10(3,14)7-12/h14H,4-7H2,1-3H3. The number of hydrogen-bond acceptors (Lipinski definition) is 2. The van der Waals surface area contributed by atoms with Gasteiger partial charge < -0.3 is 10.0 Å². The number of hydrogen-bond donors (Lipinski definition) is 1. The maximum Gasteiger partial charge on any atom is 0.238 e. The quantitative estimate of drug-likeness (QED) is 0.730. The summed E-state index contributed by atoms with van der Waals surface area (Å²) >= 11 is 3.34. The molecule has 3 nitrogen and oxygen atoms in total. The number of aliphatic hydroxyl groups is 1. The van der Waals surface area contributed by atoms with E-state index in [0.717, 1.165) is 19.4 Å². The molecule has 1 aliphatic rings. The van der Waals surface area contributed by atoms with Gasteiger partial charge in [-0.2, -0.15) is 0 Å². The molecule has 1 N–H and O–H groups in total. The third-order valence-corrected chi connectivity index (χ3v) is 2.81. The van der Waals surface area contributed by atoms with E-state index in [9.17, 15) is 9.90 Å². The topological polar surface area (TPSA) is 40.5 Å². The van der Waals surface area contributed by atoms with Crippen LogP contribution in [0, 0.1) is 0 Å². The molecule has 1 heterocycles. The molecule has 0 spiro atoms. The van der Waals surface area contributed by atoms with Crippen LogP contribution < -0.4 is 0 Å². The molecule has 4 heteroatoms. The number of rotatable bonds is 1. The maximum atomic E-state index is 11.9. The third-order valence-electron chi connectivity index (χ3n) is 2.47. The van der Waals surface area contributed by atoms with Crippen LogP contribution in [-0.2, 0) is 4.79 Å². The van der Waals surface area contributed by atoms with Crippen molar-refractivity contribution in [3.8, 4) is 0 Å². The number of alkyl halides is 1. The van der Waals surface area contributed by atoms with E-state index in [4.69, 9.17) is 0 Å². The van der Waals surface area contributed by atoms with Crippen LogP contribution in [0.3, 0.4) is 0 Å². The smallest absolute Gasteiger partial charge is 0.238 e. The molecule has 0 aromatic rings. The molecule has 14 heavy (non-hydrogen) atoms. The molecule has 82 valence electrons. The van der Waals surface area contributed by atoms with E-state index in [-0.39, 0.29) is 5.91 Å². The highest BCUT2D eigenvalue weighted by atomic mass is 79.9. The Balaban J connectivity index is 2.66. The molecule has 1 fully saturated rings. The minimum Gasteiger partial charge on any atom is -0.388 e. The summed E-state index contributed by atoms with van der Waals surface area (Å²) in [5, 5.41) is 9.85. The van der Waals surface area contributed by atoms with E-state index >= 15 is 0 Å². The predicted octanol–water partition coefficient (Wildman–Crippen LogP) is 1.53. The first-order valence-corrected chi connectivity index (χ1v) is 5.72. The molecular weight excluding hydrogens is 246 g/mol. The van der Waals surface area contributed by atoms with Crippen LogP contribution in [0.4, 0.5) is 0 Å². The summed E-state index contributed by atoms with van der Waals surface area (Å²) in [5.41, 5.74) is -0.716. The number of likely N-dealkylation sites (tertiary alicyclic amines) is 1. The van der Waals surface area contributed by atoms with Crippen molar-refractivity contribution in [2.75, 3.05) is 13.1 Å². The van der Waals surface area contributed by atoms with Gasteiger partial charge in [0.1, 0.15) is 0 Å². The molecule has 0 aromatic heterocycles. The molecule has 1 saturated heterocycles. The number of piperidine rings is 1. The minimum absolute atomic E-state index is 0.0532. The summed E-state index contributed by atoms with van der Waals surface area (Å²) in [5.74, 6) is 0.0532. The zero-order valence-electron chi connectivity index (χ0n) is 9.01. The summed E-state index contributed by atoms with van der Waals surface area (Å²) in [6.45, 7) is 6.65. The molecule has 0 aromatic carbocycles. The average Bonchev–Trinajstić information content (AvgIpc) is 1.99. The van der Waals surface area contributed by atoms with Gasteiger partial charge in [-0.15, -0.1) is 0 Å². The Kier molecular flexibility index (Phi) is 3.26. The largest absolute Gasteiger partial charge is 0.388 e. The van der Waals surface area contributed by atoms with Crippen molar-refractivity contribution in [1.29, 1.82) is 0 Å². The Bertz CT molecular complexity index is 233. The molecule has 1 atom stereocenters. The van der Waals surface area contributed by atoms with Crippen LogP contribution in [0.5, 0.6) is 0 Å². The molecule has 0 bridgehead atoms. The maximum absolute atomic E-state index is 11.9. The van der Waals surface area contributed by atoms with E-state index in [1.807, 2.05) is 13.8 Å². The highest BCUT2D eigenvalue weighted by Gasteiger charge is 2.36. The van der Waals surface area contributed by atoms with Crippen LogP contribution in [-0.4, -0.2) is 38.9 Å². The minimum atomic E-state index is -0.716. The van der Waals surface area contributed by atoms with Gasteiger partial charge in [-0.1, -0.05) is 15.9 Å². The molecule has 1 amide bonds. The first kappa shape index (κ1) is 12.0. The highest BCUT2D eigenvalue weighted by Crippen LogP contribution is 2.25. The number of nitrogens with zero attached hydrogens (tertiary/aromatic N) is 1. The second kappa shape index (κ2) is 3.81. The van der Waals surface area contributed by atoms with Crippen molar-refractivity contribution in [2.45, 2.75) is 43.5 Å². The molecule has 0 aliphatic carbocycles. The van der Waals surface area contributed by atoms with Gasteiger partial charge in [0, 0.05) is 13.1 Å². The Hall–Kier alpha value is -0.0900. The van der Waals surface area contributed by atoms with Gasteiger partial charge in [0.25, 0.3) is 0 Å². The van der Waals surface area contributed by atoms with E-state index in [1.54, 1.807) is 11.8 Å². The molecule has 0 radical (unpaired) electrons. The average molecular weight is 264 g/mol. The first-order valence-electron chi connectivity index (χ1n) is 4.93. The molecule has 0 saturated carbocycles. The van der Waals surface area contributed by atoms with Gasteiger partial charge in [-0.3, -0.25) is 4.79 Å². The van der Waals surface area contributed by atoms with Crippen LogP contribution in [0.25, 0.3) is 0 Å². The summed E-state index contributed by atoms with van der Waals surface area (Å²) in [4.78, 5) is 13.6. The first-order chi connectivity index (χ1) is 6.22. The monoisotopic (exact) mass is 263 g/mol. The van der Waals surface area contributed by atoms with Crippen LogP contribution in [0.15, 0.2) is 0 Å². The Morgan fingerprint density at radius 1 is 1.57 bits per heavy atom. The van der Waals surface area contributed by atoms with Gasteiger partial charge in [0.2, 0.25) is 5.91 Å². The number of carbonyl (C=O) groups excluding carboxylic acids is 1. The predicted molar refractivity (Wildman–Crippen MR) is 59.4 cm³/mol. The van der Waals surface area contributed by atoms with Gasteiger partial charge in [0.05, 0.1) is 9.93 Å². The highest BCUT2D eigenvalue weighted by molar-refractivity contribution is 9.10. The Morgan fingerprint density at radius 3 is 2.57 bits per heavy atom. The second-order valence-corrected chi connectivity index (χ2v) is 6.78. The van der Waals surface area contributed by atoms with Gasteiger partial charge in [0.15, 0.2) is 0 Å². The van der Waals surface area contributed by atoms with Gasteiger partial charge in [-0.25, -0.2) is 0 Å².